The highest BCUT2D eigenvalue weighted by Gasteiger charge is 2.19. The summed E-state index contributed by atoms with van der Waals surface area (Å²) < 4.78 is 7.48. The molecule has 0 aliphatic rings. The first-order chi connectivity index (χ1) is 9.65. The lowest BCUT2D eigenvalue weighted by Gasteiger charge is -2.18. The van der Waals surface area contributed by atoms with Crippen LogP contribution in [-0.4, -0.2) is 16.4 Å². The number of nitrogens with one attached hydrogen (secondary N) is 1. The van der Waals surface area contributed by atoms with Gasteiger partial charge in [-0.2, -0.15) is 5.10 Å². The summed E-state index contributed by atoms with van der Waals surface area (Å²) in [5.74, 6) is 6.27. The highest BCUT2D eigenvalue weighted by atomic mass is 35.5. The zero-order chi connectivity index (χ0) is 14.5. The molecular weight excluding hydrogens is 299 g/mol. The molecule has 5 nitrogen and oxygen atoms in total. The quantitative estimate of drug-likeness (QED) is 0.635. The first kappa shape index (κ1) is 15.1. The van der Waals surface area contributed by atoms with E-state index in [0.29, 0.717) is 28.9 Å². The summed E-state index contributed by atoms with van der Waals surface area (Å²) in [4.78, 5) is 0. The zero-order valence-electron chi connectivity index (χ0n) is 11.0. The van der Waals surface area contributed by atoms with Crippen LogP contribution in [0.4, 0.5) is 0 Å². The number of hydrogen-bond donors (Lipinski definition) is 2. The number of halogens is 2. The lowest BCUT2D eigenvalue weighted by Crippen LogP contribution is -2.34. The summed E-state index contributed by atoms with van der Waals surface area (Å²) in [6.45, 7) is 3.01. The fourth-order valence-electron chi connectivity index (χ4n) is 1.91. The molecule has 0 bridgehead atoms. The molecule has 0 amide bonds. The Bertz CT molecular complexity index is 573. The molecule has 2 aromatic rings. The molecule has 1 atom stereocenters. The molecule has 7 heteroatoms. The Morgan fingerprint density at radius 2 is 2.25 bits per heavy atom. The second kappa shape index (κ2) is 6.95. The standard InChI is InChI=1S/C13H16Cl2N4O/c1-2-19-13(11(15)7-17-19)12(18-16)8-20-10-5-3-4-9(14)6-10/h3-7,12,18H,2,8,16H2,1H3. The maximum atomic E-state index is 6.15. The van der Waals surface area contributed by atoms with E-state index < -0.39 is 0 Å². The molecule has 0 radical (unpaired) electrons. The minimum absolute atomic E-state index is 0.260. The van der Waals surface area contributed by atoms with Crippen LogP contribution in [0.25, 0.3) is 0 Å². The number of hydrogen-bond acceptors (Lipinski definition) is 4. The van der Waals surface area contributed by atoms with Crippen LogP contribution in [-0.2, 0) is 6.54 Å². The first-order valence-electron chi connectivity index (χ1n) is 6.21. The van der Waals surface area contributed by atoms with Crippen molar-refractivity contribution in [2.24, 2.45) is 5.84 Å². The van der Waals surface area contributed by atoms with E-state index >= 15 is 0 Å². The van der Waals surface area contributed by atoms with E-state index in [1.807, 2.05) is 19.1 Å². The number of ether oxygens (including phenoxy) is 1. The second-order valence-corrected chi connectivity index (χ2v) is 5.02. The molecule has 0 aliphatic heterocycles. The summed E-state index contributed by atoms with van der Waals surface area (Å²) in [5.41, 5.74) is 3.51. The molecule has 1 aromatic carbocycles. The van der Waals surface area contributed by atoms with Crippen molar-refractivity contribution in [2.45, 2.75) is 19.5 Å². The van der Waals surface area contributed by atoms with Gasteiger partial charge in [-0.05, 0) is 25.1 Å². The summed E-state index contributed by atoms with van der Waals surface area (Å²) in [6, 6.07) is 6.93. The molecule has 0 fully saturated rings. The van der Waals surface area contributed by atoms with Gasteiger partial charge in [-0.3, -0.25) is 10.5 Å². The van der Waals surface area contributed by atoms with E-state index in [-0.39, 0.29) is 6.04 Å². The summed E-state index contributed by atoms with van der Waals surface area (Å²) in [5, 5.41) is 5.37. The number of nitrogens with zero attached hydrogens (tertiary/aromatic N) is 2. The summed E-state index contributed by atoms with van der Waals surface area (Å²) in [7, 11) is 0. The van der Waals surface area contributed by atoms with Crippen LogP contribution in [0.5, 0.6) is 5.75 Å². The van der Waals surface area contributed by atoms with Crippen LogP contribution in [0.1, 0.15) is 18.7 Å². The Balaban J connectivity index is 2.11. The predicted molar refractivity (Wildman–Crippen MR) is 79.9 cm³/mol. The molecule has 20 heavy (non-hydrogen) atoms. The Labute approximate surface area is 127 Å². The third-order valence-corrected chi connectivity index (χ3v) is 3.40. The fraction of sp³-hybridized carbons (Fsp3) is 0.308. The highest BCUT2D eigenvalue weighted by Crippen LogP contribution is 2.24. The minimum Gasteiger partial charge on any atom is -0.491 e. The lowest BCUT2D eigenvalue weighted by atomic mass is 10.2. The zero-order valence-corrected chi connectivity index (χ0v) is 12.5. The number of aromatic nitrogens is 2. The van der Waals surface area contributed by atoms with Crippen LogP contribution in [0.15, 0.2) is 30.5 Å². The fourth-order valence-corrected chi connectivity index (χ4v) is 2.37. The normalized spacial score (nSPS) is 12.4. The van der Waals surface area contributed by atoms with Crippen LogP contribution in [0, 0.1) is 0 Å². The maximum absolute atomic E-state index is 6.15. The van der Waals surface area contributed by atoms with Gasteiger partial charge in [0.25, 0.3) is 0 Å². The molecule has 0 saturated carbocycles. The Hall–Kier alpha value is -1.27. The molecule has 3 N–H and O–H groups in total. The molecule has 1 aromatic heterocycles. The van der Waals surface area contributed by atoms with E-state index in [1.165, 1.54) is 0 Å². The Morgan fingerprint density at radius 1 is 1.45 bits per heavy atom. The molecule has 0 aliphatic carbocycles. The van der Waals surface area contributed by atoms with E-state index in [9.17, 15) is 0 Å². The molecule has 1 unspecified atom stereocenters. The third kappa shape index (κ3) is 3.43. The minimum atomic E-state index is -0.260. The molecule has 2 rings (SSSR count). The van der Waals surface area contributed by atoms with Crippen molar-refractivity contribution in [3.8, 4) is 5.75 Å². The number of benzene rings is 1. The van der Waals surface area contributed by atoms with Gasteiger partial charge in [-0.1, -0.05) is 29.3 Å². The van der Waals surface area contributed by atoms with Crippen LogP contribution >= 0.6 is 23.2 Å². The van der Waals surface area contributed by atoms with Gasteiger partial charge in [-0.25, -0.2) is 5.43 Å². The van der Waals surface area contributed by atoms with Crippen molar-refractivity contribution in [1.29, 1.82) is 0 Å². The molecule has 0 saturated heterocycles. The van der Waals surface area contributed by atoms with Crippen molar-refractivity contribution in [3.63, 3.8) is 0 Å². The van der Waals surface area contributed by atoms with Crippen molar-refractivity contribution < 1.29 is 4.74 Å². The van der Waals surface area contributed by atoms with Crippen molar-refractivity contribution in [2.75, 3.05) is 6.61 Å². The first-order valence-corrected chi connectivity index (χ1v) is 6.97. The molecule has 0 spiro atoms. The van der Waals surface area contributed by atoms with Gasteiger partial charge in [0.2, 0.25) is 0 Å². The Morgan fingerprint density at radius 3 is 2.90 bits per heavy atom. The van der Waals surface area contributed by atoms with Gasteiger partial charge in [0, 0.05) is 11.6 Å². The largest absolute Gasteiger partial charge is 0.491 e. The van der Waals surface area contributed by atoms with E-state index in [4.69, 9.17) is 33.8 Å². The highest BCUT2D eigenvalue weighted by molar-refractivity contribution is 6.31. The number of rotatable bonds is 6. The average molecular weight is 315 g/mol. The van der Waals surface area contributed by atoms with Gasteiger partial charge >= 0.3 is 0 Å². The molecule has 1 heterocycles. The number of aryl methyl sites for hydroxylation is 1. The smallest absolute Gasteiger partial charge is 0.120 e. The van der Waals surface area contributed by atoms with Gasteiger partial charge in [0.05, 0.1) is 23.0 Å². The second-order valence-electron chi connectivity index (χ2n) is 4.18. The lowest BCUT2D eigenvalue weighted by molar-refractivity contribution is 0.260. The van der Waals surface area contributed by atoms with Crippen molar-refractivity contribution in [1.82, 2.24) is 15.2 Å². The SMILES string of the molecule is CCn1ncc(Cl)c1C(COc1cccc(Cl)c1)NN. The molecule has 108 valence electrons. The Kier molecular flexibility index (Phi) is 5.25. The van der Waals surface area contributed by atoms with Crippen LogP contribution in [0.3, 0.4) is 0 Å². The summed E-state index contributed by atoms with van der Waals surface area (Å²) in [6.07, 6.45) is 1.60. The van der Waals surface area contributed by atoms with Crippen LogP contribution < -0.4 is 16.0 Å². The maximum Gasteiger partial charge on any atom is 0.120 e. The summed E-state index contributed by atoms with van der Waals surface area (Å²) >= 11 is 12.1. The third-order valence-electron chi connectivity index (χ3n) is 2.88. The van der Waals surface area contributed by atoms with Crippen molar-refractivity contribution >= 4 is 23.2 Å². The number of hydrazine groups is 1. The monoisotopic (exact) mass is 314 g/mol. The number of nitrogens with two attached hydrogens (primary N) is 1. The molecular formula is C13H16Cl2N4O. The van der Waals surface area contributed by atoms with Gasteiger partial charge in [-0.15, -0.1) is 0 Å². The van der Waals surface area contributed by atoms with E-state index in [2.05, 4.69) is 10.5 Å². The topological polar surface area (TPSA) is 65.1 Å². The van der Waals surface area contributed by atoms with Gasteiger partial charge in [0.15, 0.2) is 0 Å². The van der Waals surface area contributed by atoms with Gasteiger partial charge in [0.1, 0.15) is 12.4 Å². The average Bonchev–Trinajstić information content (AvgIpc) is 2.81. The van der Waals surface area contributed by atoms with Crippen molar-refractivity contribution in [3.05, 3.63) is 46.2 Å². The van der Waals surface area contributed by atoms with Crippen LogP contribution in [0.2, 0.25) is 10.0 Å². The van der Waals surface area contributed by atoms with E-state index in [1.54, 1.807) is 23.0 Å². The predicted octanol–water partition coefficient (Wildman–Crippen LogP) is 2.79. The van der Waals surface area contributed by atoms with Gasteiger partial charge < -0.3 is 4.74 Å². The van der Waals surface area contributed by atoms with E-state index in [0.717, 1.165) is 5.69 Å².